The number of Topliss-reactive ketones (excluding diaryl/α,β-unsaturated/α-hetero) is 1. The average molecular weight is 347 g/mol. The number of carbonyl (C=O) groups excluding carboxylic acids is 1. The summed E-state index contributed by atoms with van der Waals surface area (Å²) in [5.41, 5.74) is 3.52. The molecule has 0 aliphatic carbocycles. The van der Waals surface area contributed by atoms with Crippen LogP contribution in [-0.2, 0) is 17.7 Å². The highest BCUT2D eigenvalue weighted by Crippen LogP contribution is 2.23. The fourth-order valence-electron chi connectivity index (χ4n) is 2.94. The summed E-state index contributed by atoms with van der Waals surface area (Å²) in [5, 5.41) is 9.23. The van der Waals surface area contributed by atoms with Gasteiger partial charge >= 0.3 is 0 Å². The number of methoxy groups -OCH3 is 1. The molecule has 1 aromatic carbocycles. The van der Waals surface area contributed by atoms with Gasteiger partial charge in [0.2, 0.25) is 5.65 Å². The fourth-order valence-corrected chi connectivity index (χ4v) is 2.94. The maximum atomic E-state index is 12.7. The minimum Gasteiger partial charge on any atom is -0.383 e. The van der Waals surface area contributed by atoms with E-state index in [2.05, 4.69) is 20.2 Å². The first-order valence-electron chi connectivity index (χ1n) is 8.29. The molecule has 0 aliphatic heterocycles. The Morgan fingerprint density at radius 3 is 2.88 bits per heavy atom. The summed E-state index contributed by atoms with van der Waals surface area (Å²) < 4.78 is 7.13. The van der Waals surface area contributed by atoms with Gasteiger partial charge in [-0.2, -0.15) is 0 Å². The number of rotatable bonds is 6. The maximum Gasteiger partial charge on any atom is 0.200 e. The predicted molar refractivity (Wildman–Crippen MR) is 97.0 cm³/mol. The lowest BCUT2D eigenvalue weighted by atomic mass is 10.0. The van der Waals surface area contributed by atoms with Gasteiger partial charge in [-0.25, -0.2) is 4.98 Å². The summed E-state index contributed by atoms with van der Waals surface area (Å²) in [7, 11) is 1.66. The lowest BCUT2D eigenvalue weighted by molar-refractivity contribution is 0.0992. The van der Waals surface area contributed by atoms with E-state index < -0.39 is 0 Å². The molecule has 0 radical (unpaired) electrons. The number of aromatic nitrogens is 5. The summed E-state index contributed by atoms with van der Waals surface area (Å²) in [6.45, 7) is 1.22. The molecule has 4 rings (SSSR count). The van der Waals surface area contributed by atoms with Gasteiger partial charge in [-0.1, -0.05) is 6.07 Å². The van der Waals surface area contributed by atoms with E-state index in [4.69, 9.17) is 4.74 Å². The topological polar surface area (TPSA) is 82.8 Å². The van der Waals surface area contributed by atoms with Gasteiger partial charge in [0, 0.05) is 36.5 Å². The Morgan fingerprint density at radius 2 is 2.08 bits per heavy atom. The molecule has 0 atom stereocenters. The largest absolute Gasteiger partial charge is 0.383 e. The molecule has 0 fully saturated rings. The number of nitrogens with zero attached hydrogens (tertiary/aromatic N) is 5. The first-order valence-corrected chi connectivity index (χ1v) is 8.29. The van der Waals surface area contributed by atoms with Crippen molar-refractivity contribution in [3.63, 3.8) is 0 Å². The minimum atomic E-state index is 0.0125. The fraction of sp³-hybridized carbons (Fsp3) is 0.211. The molecule has 0 saturated carbocycles. The quantitative estimate of drug-likeness (QED) is 0.498. The maximum absolute atomic E-state index is 12.7. The molecule has 7 nitrogen and oxygen atoms in total. The van der Waals surface area contributed by atoms with E-state index in [9.17, 15) is 4.79 Å². The van der Waals surface area contributed by atoms with Crippen LogP contribution in [0, 0.1) is 0 Å². The lowest BCUT2D eigenvalue weighted by Gasteiger charge is -2.07. The Balaban J connectivity index is 1.76. The van der Waals surface area contributed by atoms with Crippen molar-refractivity contribution in [2.45, 2.75) is 13.0 Å². The molecule has 4 aromatic rings. The van der Waals surface area contributed by atoms with Crippen LogP contribution in [0.5, 0.6) is 0 Å². The van der Waals surface area contributed by atoms with Crippen LogP contribution in [0.1, 0.15) is 16.1 Å². The van der Waals surface area contributed by atoms with Gasteiger partial charge in [-0.3, -0.25) is 9.78 Å². The third kappa shape index (κ3) is 3.04. The zero-order chi connectivity index (χ0) is 17.9. The van der Waals surface area contributed by atoms with Gasteiger partial charge in [0.05, 0.1) is 30.4 Å². The Bertz CT molecular complexity index is 1080. The summed E-state index contributed by atoms with van der Waals surface area (Å²) in [6, 6.07) is 11.0. The normalized spacial score (nSPS) is 11.3. The molecular weight excluding hydrogens is 330 g/mol. The molecule has 3 heterocycles. The molecule has 7 heteroatoms. The number of pyridine rings is 1. The van der Waals surface area contributed by atoms with Crippen molar-refractivity contribution >= 4 is 27.9 Å². The summed E-state index contributed by atoms with van der Waals surface area (Å²) >= 11 is 0. The van der Waals surface area contributed by atoms with Crippen LogP contribution in [0.3, 0.4) is 0 Å². The van der Waals surface area contributed by atoms with E-state index in [1.807, 2.05) is 34.9 Å². The zero-order valence-corrected chi connectivity index (χ0v) is 14.3. The molecule has 0 amide bonds. The van der Waals surface area contributed by atoms with E-state index >= 15 is 0 Å². The van der Waals surface area contributed by atoms with Crippen molar-refractivity contribution in [2.24, 2.45) is 0 Å². The second-order valence-electron chi connectivity index (χ2n) is 5.96. The molecule has 0 unspecified atom stereocenters. The molecule has 0 saturated heterocycles. The van der Waals surface area contributed by atoms with Crippen LogP contribution in [-0.4, -0.2) is 44.2 Å². The van der Waals surface area contributed by atoms with Gasteiger partial charge in [0.15, 0.2) is 5.78 Å². The highest BCUT2D eigenvalue weighted by molar-refractivity contribution is 6.06. The minimum absolute atomic E-state index is 0.0125. The van der Waals surface area contributed by atoms with Crippen LogP contribution < -0.4 is 0 Å². The molecule has 0 aliphatic rings. The van der Waals surface area contributed by atoms with Crippen LogP contribution in [0.2, 0.25) is 0 Å². The molecule has 0 bridgehead atoms. The number of benzene rings is 1. The Labute approximate surface area is 149 Å². The van der Waals surface area contributed by atoms with Crippen molar-refractivity contribution in [2.75, 3.05) is 13.7 Å². The molecule has 130 valence electrons. The third-order valence-corrected chi connectivity index (χ3v) is 4.25. The number of imidazole rings is 1. The van der Waals surface area contributed by atoms with Gasteiger partial charge in [0.25, 0.3) is 0 Å². The van der Waals surface area contributed by atoms with Crippen LogP contribution in [0.15, 0.2) is 48.9 Å². The van der Waals surface area contributed by atoms with Crippen LogP contribution in [0.4, 0.5) is 0 Å². The average Bonchev–Trinajstić information content (AvgIpc) is 3.10. The number of fused-ring (bicyclic) bond motifs is 3. The molecule has 26 heavy (non-hydrogen) atoms. The number of ether oxygens (including phenoxy) is 1. The van der Waals surface area contributed by atoms with Gasteiger partial charge in [-0.05, 0) is 30.3 Å². The highest BCUT2D eigenvalue weighted by Gasteiger charge is 2.14. The van der Waals surface area contributed by atoms with Crippen LogP contribution in [0.25, 0.3) is 22.1 Å². The molecule has 0 spiro atoms. The van der Waals surface area contributed by atoms with Crippen molar-refractivity contribution in [3.8, 4) is 0 Å². The van der Waals surface area contributed by atoms with Crippen molar-refractivity contribution in [1.82, 2.24) is 24.7 Å². The molecular formula is C19H17N5O2. The number of ketones is 1. The monoisotopic (exact) mass is 347 g/mol. The first kappa shape index (κ1) is 16.3. The second kappa shape index (κ2) is 6.97. The van der Waals surface area contributed by atoms with Crippen molar-refractivity contribution in [1.29, 1.82) is 0 Å². The van der Waals surface area contributed by atoms with E-state index in [0.29, 0.717) is 24.4 Å². The molecule has 0 N–H and O–H groups in total. The molecule has 3 aromatic heterocycles. The van der Waals surface area contributed by atoms with Crippen molar-refractivity contribution < 1.29 is 9.53 Å². The number of carbonyl (C=O) groups is 1. The van der Waals surface area contributed by atoms with Gasteiger partial charge in [0.1, 0.15) is 0 Å². The summed E-state index contributed by atoms with van der Waals surface area (Å²) in [5.74, 6) is 0.0125. The van der Waals surface area contributed by atoms with Gasteiger partial charge in [-0.15, -0.1) is 10.2 Å². The van der Waals surface area contributed by atoms with Crippen molar-refractivity contribution in [3.05, 3.63) is 60.2 Å². The van der Waals surface area contributed by atoms with E-state index in [0.717, 1.165) is 22.1 Å². The second-order valence-corrected chi connectivity index (χ2v) is 5.96. The van der Waals surface area contributed by atoms with Gasteiger partial charge < -0.3 is 9.30 Å². The number of hydrogen-bond donors (Lipinski definition) is 0. The third-order valence-electron chi connectivity index (χ3n) is 4.25. The Hall–Kier alpha value is -3.19. The zero-order valence-electron chi connectivity index (χ0n) is 14.3. The SMILES string of the molecule is COCCn1cnc2nnc3ccc(C(=O)Cc4ccccn4)cc3c21. The predicted octanol–water partition coefficient (Wildman–Crippen LogP) is 2.45. The smallest absolute Gasteiger partial charge is 0.200 e. The highest BCUT2D eigenvalue weighted by atomic mass is 16.5. The van der Waals surface area contributed by atoms with E-state index in [1.165, 1.54) is 0 Å². The van der Waals surface area contributed by atoms with E-state index in [-0.39, 0.29) is 12.2 Å². The lowest BCUT2D eigenvalue weighted by Crippen LogP contribution is -2.06. The number of hydrogen-bond acceptors (Lipinski definition) is 6. The van der Waals surface area contributed by atoms with Crippen LogP contribution >= 0.6 is 0 Å². The Kier molecular flexibility index (Phi) is 4.37. The first-order chi connectivity index (χ1) is 12.8. The standard InChI is InChI=1S/C19H17N5O2/c1-26-9-8-24-12-21-19-18(24)15-10-13(5-6-16(15)22-23-19)17(25)11-14-4-2-3-7-20-14/h2-7,10,12H,8-9,11H2,1H3. The summed E-state index contributed by atoms with van der Waals surface area (Å²) in [4.78, 5) is 21.2. The Morgan fingerprint density at radius 1 is 1.15 bits per heavy atom. The van der Waals surface area contributed by atoms with E-state index in [1.54, 1.807) is 25.7 Å². The summed E-state index contributed by atoms with van der Waals surface area (Å²) in [6.07, 6.45) is 3.67.